The monoisotopic (exact) mass is 288 g/mol. The van der Waals surface area contributed by atoms with E-state index in [4.69, 9.17) is 5.73 Å². The van der Waals surface area contributed by atoms with E-state index in [9.17, 15) is 4.79 Å². The maximum Gasteiger partial charge on any atom is 0.221 e. The quantitative estimate of drug-likeness (QED) is 0.873. The number of hydrogen-bond donors (Lipinski definition) is 2. The van der Waals surface area contributed by atoms with Crippen LogP contribution in [0.2, 0.25) is 0 Å². The average Bonchev–Trinajstić information content (AvgIpc) is 2.48. The Balaban J connectivity index is 2.00. The second kappa shape index (κ2) is 6.61. The summed E-state index contributed by atoms with van der Waals surface area (Å²) in [6, 6.07) is 10.1. The van der Waals surface area contributed by atoms with Crippen LogP contribution in [-0.4, -0.2) is 12.5 Å². The van der Waals surface area contributed by atoms with E-state index in [0.29, 0.717) is 13.0 Å². The fraction of sp³-hybridized carbons (Fsp3) is 0.611. The number of amides is 1. The molecule has 3 nitrogen and oxygen atoms in total. The van der Waals surface area contributed by atoms with Crippen molar-refractivity contribution in [2.75, 3.05) is 6.54 Å². The summed E-state index contributed by atoms with van der Waals surface area (Å²) in [6.07, 6.45) is 6.41. The van der Waals surface area contributed by atoms with Crippen molar-refractivity contribution < 1.29 is 4.79 Å². The lowest BCUT2D eigenvalue weighted by Crippen LogP contribution is -2.45. The van der Waals surface area contributed by atoms with E-state index in [0.717, 1.165) is 18.4 Å². The van der Waals surface area contributed by atoms with Crippen LogP contribution in [0.15, 0.2) is 30.3 Å². The van der Waals surface area contributed by atoms with Crippen LogP contribution < -0.4 is 11.1 Å². The second-order valence-corrected chi connectivity index (χ2v) is 6.98. The summed E-state index contributed by atoms with van der Waals surface area (Å²) in [5.41, 5.74) is 6.79. The van der Waals surface area contributed by atoms with Gasteiger partial charge in [-0.3, -0.25) is 4.79 Å². The van der Waals surface area contributed by atoms with Crippen molar-refractivity contribution in [2.24, 2.45) is 11.1 Å². The van der Waals surface area contributed by atoms with E-state index < -0.39 is 0 Å². The molecule has 2 rings (SSSR count). The normalized spacial score (nSPS) is 18.2. The van der Waals surface area contributed by atoms with Gasteiger partial charge in [0, 0.05) is 6.42 Å². The lowest BCUT2D eigenvalue weighted by atomic mass is 9.71. The minimum absolute atomic E-state index is 0.0229. The van der Waals surface area contributed by atoms with Crippen LogP contribution in [0, 0.1) is 5.41 Å². The van der Waals surface area contributed by atoms with Crippen LogP contribution in [0.3, 0.4) is 0 Å². The number of benzene rings is 1. The average molecular weight is 288 g/mol. The van der Waals surface area contributed by atoms with Gasteiger partial charge in [0.1, 0.15) is 0 Å². The smallest absolute Gasteiger partial charge is 0.221 e. The minimum atomic E-state index is -0.344. The maximum atomic E-state index is 12.5. The molecule has 0 atom stereocenters. The summed E-state index contributed by atoms with van der Waals surface area (Å²) in [7, 11) is 0. The van der Waals surface area contributed by atoms with E-state index in [1.54, 1.807) is 0 Å². The highest BCUT2D eigenvalue weighted by Gasteiger charge is 2.34. The summed E-state index contributed by atoms with van der Waals surface area (Å²) >= 11 is 0. The highest BCUT2D eigenvalue weighted by Crippen LogP contribution is 2.38. The third-order valence-corrected chi connectivity index (χ3v) is 4.83. The molecule has 3 N–H and O–H groups in total. The zero-order valence-corrected chi connectivity index (χ0v) is 13.3. The number of nitrogens with one attached hydrogen (secondary N) is 1. The molecule has 0 unspecified atom stereocenters. The van der Waals surface area contributed by atoms with Crippen LogP contribution in [0.1, 0.15) is 57.9 Å². The van der Waals surface area contributed by atoms with Gasteiger partial charge in [0.05, 0.1) is 5.54 Å². The molecule has 3 heteroatoms. The predicted molar refractivity (Wildman–Crippen MR) is 86.8 cm³/mol. The Morgan fingerprint density at radius 3 is 2.38 bits per heavy atom. The van der Waals surface area contributed by atoms with Crippen molar-refractivity contribution in [1.29, 1.82) is 0 Å². The molecule has 0 aliphatic heterocycles. The van der Waals surface area contributed by atoms with E-state index in [1.807, 2.05) is 18.2 Å². The summed E-state index contributed by atoms with van der Waals surface area (Å²) in [6.45, 7) is 4.72. The lowest BCUT2D eigenvalue weighted by Gasteiger charge is -2.37. The maximum absolute atomic E-state index is 12.5. The van der Waals surface area contributed by atoms with Crippen molar-refractivity contribution in [2.45, 2.75) is 57.9 Å². The largest absolute Gasteiger partial charge is 0.347 e. The molecule has 0 bridgehead atoms. The summed E-state index contributed by atoms with van der Waals surface area (Å²) < 4.78 is 0. The Bertz CT molecular complexity index is 461. The molecule has 0 saturated heterocycles. The van der Waals surface area contributed by atoms with Gasteiger partial charge in [-0.2, -0.15) is 0 Å². The fourth-order valence-electron chi connectivity index (χ4n) is 3.42. The molecule has 116 valence electrons. The minimum Gasteiger partial charge on any atom is -0.347 e. The first-order chi connectivity index (χ1) is 9.97. The van der Waals surface area contributed by atoms with Gasteiger partial charge in [0.15, 0.2) is 0 Å². The van der Waals surface area contributed by atoms with Gasteiger partial charge in [0.25, 0.3) is 0 Å². The number of hydrogen-bond acceptors (Lipinski definition) is 2. The van der Waals surface area contributed by atoms with Crippen molar-refractivity contribution in [3.63, 3.8) is 0 Å². The fourth-order valence-corrected chi connectivity index (χ4v) is 3.42. The van der Waals surface area contributed by atoms with E-state index in [1.165, 1.54) is 19.3 Å². The van der Waals surface area contributed by atoms with Crippen LogP contribution in [0.25, 0.3) is 0 Å². The molecule has 0 heterocycles. The molecule has 1 fully saturated rings. The van der Waals surface area contributed by atoms with Crippen LogP contribution in [-0.2, 0) is 10.3 Å². The molecule has 0 radical (unpaired) electrons. The Hall–Kier alpha value is -1.35. The van der Waals surface area contributed by atoms with E-state index >= 15 is 0 Å². The first-order valence-corrected chi connectivity index (χ1v) is 8.04. The van der Waals surface area contributed by atoms with Gasteiger partial charge in [0.2, 0.25) is 5.91 Å². The molecule has 0 aromatic heterocycles. The second-order valence-electron chi connectivity index (χ2n) is 6.98. The molecule has 1 aromatic carbocycles. The van der Waals surface area contributed by atoms with Gasteiger partial charge in [-0.25, -0.2) is 0 Å². The SMILES string of the molecule is CC(C)(NC(=O)CC1(CN)CCCCC1)c1ccccc1. The molecule has 1 aliphatic rings. The molecule has 1 aliphatic carbocycles. The predicted octanol–water partition coefficient (Wildman–Crippen LogP) is 3.34. The van der Waals surface area contributed by atoms with Crippen molar-refractivity contribution in [3.8, 4) is 0 Å². The Morgan fingerprint density at radius 1 is 1.19 bits per heavy atom. The van der Waals surface area contributed by atoms with Gasteiger partial charge >= 0.3 is 0 Å². The lowest BCUT2D eigenvalue weighted by molar-refractivity contribution is -0.125. The Morgan fingerprint density at radius 2 is 1.81 bits per heavy atom. The molecule has 21 heavy (non-hydrogen) atoms. The standard InChI is InChI=1S/C18H28N2O/c1-17(2,15-9-5-3-6-10-15)20-16(21)13-18(14-19)11-7-4-8-12-18/h3,5-6,9-10H,4,7-8,11-14,19H2,1-2H3,(H,20,21). The van der Waals surface area contributed by atoms with Gasteiger partial charge in [-0.15, -0.1) is 0 Å². The summed E-state index contributed by atoms with van der Waals surface area (Å²) in [4.78, 5) is 12.5. The van der Waals surface area contributed by atoms with Gasteiger partial charge < -0.3 is 11.1 Å². The van der Waals surface area contributed by atoms with Crippen molar-refractivity contribution in [3.05, 3.63) is 35.9 Å². The Kier molecular flexibility index (Phi) is 5.04. The van der Waals surface area contributed by atoms with E-state index in [2.05, 4.69) is 31.3 Å². The van der Waals surface area contributed by atoms with Crippen LogP contribution in [0.5, 0.6) is 0 Å². The third kappa shape index (κ3) is 4.07. The number of rotatable bonds is 5. The number of carbonyl (C=O) groups is 1. The van der Waals surface area contributed by atoms with E-state index in [-0.39, 0.29) is 16.9 Å². The van der Waals surface area contributed by atoms with Crippen LogP contribution in [0.4, 0.5) is 0 Å². The molecular formula is C18H28N2O. The zero-order valence-electron chi connectivity index (χ0n) is 13.3. The first kappa shape index (κ1) is 16.0. The Labute approximate surface area is 128 Å². The highest BCUT2D eigenvalue weighted by molar-refractivity contribution is 5.77. The first-order valence-electron chi connectivity index (χ1n) is 8.04. The van der Waals surface area contributed by atoms with Crippen molar-refractivity contribution >= 4 is 5.91 Å². The molecular weight excluding hydrogens is 260 g/mol. The van der Waals surface area contributed by atoms with Gasteiger partial charge in [-0.1, -0.05) is 49.6 Å². The number of carbonyl (C=O) groups excluding carboxylic acids is 1. The topological polar surface area (TPSA) is 55.1 Å². The molecule has 1 aromatic rings. The summed E-state index contributed by atoms with van der Waals surface area (Å²) in [5.74, 6) is 0.121. The van der Waals surface area contributed by atoms with Gasteiger partial charge in [-0.05, 0) is 44.2 Å². The summed E-state index contributed by atoms with van der Waals surface area (Å²) in [5, 5.41) is 3.18. The highest BCUT2D eigenvalue weighted by atomic mass is 16.1. The number of nitrogens with two attached hydrogens (primary N) is 1. The molecule has 1 saturated carbocycles. The van der Waals surface area contributed by atoms with Crippen molar-refractivity contribution in [1.82, 2.24) is 5.32 Å². The molecule has 0 spiro atoms. The van der Waals surface area contributed by atoms with Crippen LogP contribution >= 0.6 is 0 Å². The zero-order chi connectivity index (χ0) is 15.3. The molecule has 1 amide bonds. The third-order valence-electron chi connectivity index (χ3n) is 4.83.